The highest BCUT2D eigenvalue weighted by atomic mass is 19.1. The van der Waals surface area contributed by atoms with Gasteiger partial charge in [-0.2, -0.15) is 0 Å². The number of anilines is 1. The molecule has 0 aliphatic carbocycles. The third kappa shape index (κ3) is 3.07. The summed E-state index contributed by atoms with van der Waals surface area (Å²) in [7, 11) is 1.89. The smallest absolute Gasteiger partial charge is 0.146 e. The molecular weight excluding hydrogens is 243 g/mol. The predicted octanol–water partition coefficient (Wildman–Crippen LogP) is 2.31. The summed E-state index contributed by atoms with van der Waals surface area (Å²) in [5, 5.41) is 12.2. The highest BCUT2D eigenvalue weighted by molar-refractivity contribution is 5.56. The average molecular weight is 266 g/mol. The lowest BCUT2D eigenvalue weighted by atomic mass is 10.0. The first-order chi connectivity index (χ1) is 9.17. The van der Waals surface area contributed by atoms with Gasteiger partial charge in [0.2, 0.25) is 0 Å². The summed E-state index contributed by atoms with van der Waals surface area (Å²) >= 11 is 0. The van der Waals surface area contributed by atoms with Crippen molar-refractivity contribution in [2.24, 2.45) is 5.92 Å². The van der Waals surface area contributed by atoms with Crippen molar-refractivity contribution in [3.05, 3.63) is 29.6 Å². The molecule has 0 radical (unpaired) electrons. The van der Waals surface area contributed by atoms with E-state index in [1.807, 2.05) is 20.0 Å². The van der Waals surface area contributed by atoms with Gasteiger partial charge >= 0.3 is 0 Å². The number of hydrogen-bond donors (Lipinski definition) is 2. The fourth-order valence-electron chi connectivity index (χ4n) is 2.82. The molecule has 1 fully saturated rings. The largest absolute Gasteiger partial charge is 0.396 e. The second kappa shape index (κ2) is 6.35. The van der Waals surface area contributed by atoms with Gasteiger partial charge in [0, 0.05) is 25.7 Å². The second-order valence-electron chi connectivity index (χ2n) is 5.30. The van der Waals surface area contributed by atoms with E-state index in [0.717, 1.165) is 37.2 Å². The Kier molecular flexibility index (Phi) is 4.77. The number of para-hydroxylation sites is 1. The Bertz CT molecular complexity index is 425. The quantitative estimate of drug-likeness (QED) is 0.858. The fourth-order valence-corrected chi connectivity index (χ4v) is 2.82. The van der Waals surface area contributed by atoms with Crippen LogP contribution in [-0.2, 0) is 0 Å². The molecule has 1 saturated heterocycles. The van der Waals surface area contributed by atoms with Gasteiger partial charge in [-0.3, -0.25) is 0 Å². The number of aliphatic hydroxyl groups excluding tert-OH is 1. The number of benzene rings is 1. The second-order valence-corrected chi connectivity index (χ2v) is 5.30. The zero-order chi connectivity index (χ0) is 13.8. The van der Waals surface area contributed by atoms with Crippen molar-refractivity contribution >= 4 is 5.69 Å². The maximum absolute atomic E-state index is 14.2. The molecule has 2 N–H and O–H groups in total. The predicted molar refractivity (Wildman–Crippen MR) is 75.9 cm³/mol. The van der Waals surface area contributed by atoms with E-state index in [1.165, 1.54) is 6.07 Å². The first-order valence-electron chi connectivity index (χ1n) is 6.98. The van der Waals surface area contributed by atoms with Crippen molar-refractivity contribution in [2.45, 2.75) is 25.8 Å². The zero-order valence-corrected chi connectivity index (χ0v) is 11.7. The van der Waals surface area contributed by atoms with Crippen molar-refractivity contribution in [1.29, 1.82) is 0 Å². The van der Waals surface area contributed by atoms with Crippen LogP contribution in [0.25, 0.3) is 0 Å². The number of hydrogen-bond acceptors (Lipinski definition) is 3. The Balaban J connectivity index is 2.24. The summed E-state index contributed by atoms with van der Waals surface area (Å²) in [6.07, 6.45) is 1.84. The molecule has 0 amide bonds. The van der Waals surface area contributed by atoms with Crippen molar-refractivity contribution in [3.63, 3.8) is 0 Å². The summed E-state index contributed by atoms with van der Waals surface area (Å²) < 4.78 is 14.2. The molecule has 1 heterocycles. The van der Waals surface area contributed by atoms with Crippen LogP contribution >= 0.6 is 0 Å². The standard InChI is InChI=1S/C15H23FN2O/c1-11(17-2)13-4-3-5-14(16)15(13)18-8-6-12(10-18)7-9-19/h3-5,11-12,17,19H,6-10H2,1-2H3. The molecule has 0 saturated carbocycles. The molecule has 4 heteroatoms. The van der Waals surface area contributed by atoms with Crippen LogP contribution in [0.1, 0.15) is 31.4 Å². The Morgan fingerprint density at radius 1 is 1.53 bits per heavy atom. The molecule has 1 aromatic carbocycles. The van der Waals surface area contributed by atoms with Gasteiger partial charge in [-0.15, -0.1) is 0 Å². The van der Waals surface area contributed by atoms with E-state index < -0.39 is 0 Å². The minimum absolute atomic E-state index is 0.127. The van der Waals surface area contributed by atoms with Crippen molar-refractivity contribution in [2.75, 3.05) is 31.6 Å². The lowest BCUT2D eigenvalue weighted by Crippen LogP contribution is -2.25. The fraction of sp³-hybridized carbons (Fsp3) is 0.600. The van der Waals surface area contributed by atoms with Crippen LogP contribution in [0, 0.1) is 11.7 Å². The Morgan fingerprint density at radius 3 is 3.00 bits per heavy atom. The highest BCUT2D eigenvalue weighted by Crippen LogP contribution is 2.33. The monoisotopic (exact) mass is 266 g/mol. The summed E-state index contributed by atoms with van der Waals surface area (Å²) in [5.74, 6) is 0.326. The summed E-state index contributed by atoms with van der Waals surface area (Å²) in [5.41, 5.74) is 1.73. The topological polar surface area (TPSA) is 35.5 Å². The zero-order valence-electron chi connectivity index (χ0n) is 11.7. The number of nitrogens with zero attached hydrogens (tertiary/aromatic N) is 1. The summed E-state index contributed by atoms with van der Waals surface area (Å²) in [4.78, 5) is 2.12. The van der Waals surface area contributed by atoms with E-state index in [2.05, 4.69) is 10.2 Å². The van der Waals surface area contributed by atoms with Gasteiger partial charge in [0.15, 0.2) is 0 Å². The molecule has 1 aliphatic rings. The SMILES string of the molecule is CNC(C)c1cccc(F)c1N1CCC(CCO)C1. The van der Waals surface area contributed by atoms with E-state index in [9.17, 15) is 4.39 Å². The van der Waals surface area contributed by atoms with E-state index in [4.69, 9.17) is 5.11 Å². The molecule has 2 atom stereocenters. The Morgan fingerprint density at radius 2 is 2.32 bits per heavy atom. The molecule has 0 aromatic heterocycles. The molecule has 0 spiro atoms. The number of halogens is 1. The van der Waals surface area contributed by atoms with Gasteiger partial charge in [0.05, 0.1) is 5.69 Å². The van der Waals surface area contributed by atoms with Crippen LogP contribution in [0.2, 0.25) is 0 Å². The molecule has 1 aliphatic heterocycles. The molecule has 3 nitrogen and oxygen atoms in total. The van der Waals surface area contributed by atoms with Crippen LogP contribution in [0.4, 0.5) is 10.1 Å². The van der Waals surface area contributed by atoms with Gasteiger partial charge in [0.1, 0.15) is 5.82 Å². The lowest BCUT2D eigenvalue weighted by Gasteiger charge is -2.25. The van der Waals surface area contributed by atoms with E-state index >= 15 is 0 Å². The third-order valence-electron chi connectivity index (χ3n) is 4.06. The number of rotatable bonds is 5. The van der Waals surface area contributed by atoms with Crippen molar-refractivity contribution < 1.29 is 9.50 Å². The lowest BCUT2D eigenvalue weighted by molar-refractivity contribution is 0.263. The molecular formula is C15H23FN2O. The molecule has 106 valence electrons. The van der Waals surface area contributed by atoms with Crippen LogP contribution in [0.3, 0.4) is 0 Å². The maximum Gasteiger partial charge on any atom is 0.146 e. The molecule has 0 bridgehead atoms. The van der Waals surface area contributed by atoms with Gasteiger partial charge in [-0.05, 0) is 44.4 Å². The molecule has 19 heavy (non-hydrogen) atoms. The Hall–Kier alpha value is -1.13. The van der Waals surface area contributed by atoms with Crippen LogP contribution in [0.5, 0.6) is 0 Å². The van der Waals surface area contributed by atoms with Gasteiger partial charge in [-0.25, -0.2) is 4.39 Å². The van der Waals surface area contributed by atoms with Gasteiger partial charge < -0.3 is 15.3 Å². The summed E-state index contributed by atoms with van der Waals surface area (Å²) in [6, 6.07) is 5.41. The van der Waals surface area contributed by atoms with E-state index in [-0.39, 0.29) is 18.5 Å². The van der Waals surface area contributed by atoms with Crippen molar-refractivity contribution in [1.82, 2.24) is 5.32 Å². The maximum atomic E-state index is 14.2. The Labute approximate surface area is 114 Å². The minimum Gasteiger partial charge on any atom is -0.396 e. The average Bonchev–Trinajstić information content (AvgIpc) is 2.86. The first-order valence-corrected chi connectivity index (χ1v) is 6.98. The van der Waals surface area contributed by atoms with Crippen LogP contribution in [0.15, 0.2) is 18.2 Å². The third-order valence-corrected chi connectivity index (χ3v) is 4.06. The normalized spacial score (nSPS) is 20.8. The molecule has 2 rings (SSSR count). The van der Waals surface area contributed by atoms with Gasteiger partial charge in [0.25, 0.3) is 0 Å². The summed E-state index contributed by atoms with van der Waals surface area (Å²) in [6.45, 7) is 3.97. The number of aliphatic hydroxyl groups is 1. The van der Waals surface area contributed by atoms with Gasteiger partial charge in [-0.1, -0.05) is 12.1 Å². The van der Waals surface area contributed by atoms with Crippen molar-refractivity contribution in [3.8, 4) is 0 Å². The minimum atomic E-state index is -0.149. The van der Waals surface area contributed by atoms with Crippen LogP contribution < -0.4 is 10.2 Å². The first kappa shape index (κ1) is 14.3. The molecule has 1 aromatic rings. The molecule has 2 unspecified atom stereocenters. The highest BCUT2D eigenvalue weighted by Gasteiger charge is 2.26. The van der Waals surface area contributed by atoms with E-state index in [1.54, 1.807) is 6.07 Å². The van der Waals surface area contributed by atoms with Crippen LogP contribution in [-0.4, -0.2) is 31.9 Å². The number of nitrogens with one attached hydrogen (secondary N) is 1. The van der Waals surface area contributed by atoms with E-state index in [0.29, 0.717) is 5.92 Å².